The molecule has 0 radical (unpaired) electrons. The number of nitrogens with one attached hydrogen (secondary N) is 2. The Bertz CT molecular complexity index is 845. The van der Waals surface area contributed by atoms with E-state index >= 15 is 0 Å². The second-order valence-corrected chi connectivity index (χ2v) is 6.85. The lowest BCUT2D eigenvalue weighted by Gasteiger charge is -2.24. The molecule has 0 aromatic heterocycles. The molecule has 0 aliphatic rings. The number of amides is 1. The van der Waals surface area contributed by atoms with Crippen molar-refractivity contribution in [1.82, 2.24) is 10.6 Å². The molecule has 0 heterocycles. The Labute approximate surface area is 161 Å². The van der Waals surface area contributed by atoms with Crippen LogP contribution >= 0.6 is 0 Å². The summed E-state index contributed by atoms with van der Waals surface area (Å²) in [5.41, 5.74) is 4.61. The van der Waals surface area contributed by atoms with Gasteiger partial charge >= 0.3 is 0 Å². The number of hydrogen-bond donors (Lipinski definition) is 2. The van der Waals surface area contributed by atoms with E-state index in [0.29, 0.717) is 6.54 Å². The Morgan fingerprint density at radius 3 is 2.00 bits per heavy atom. The molecule has 0 saturated carbocycles. The standard InChI is InChI=1S/C24H26N2O/c1-18-13-15-22(16-14-18)23(21-11-7-4-8-12-21)26-19(2)24(27)25-17-20-9-5-3-6-10-20/h3-16,19,23,26H,17H2,1-2H3,(H,25,27)/t19-,23-/m0/s1. The molecule has 3 rings (SSSR count). The van der Waals surface area contributed by atoms with Gasteiger partial charge in [0.2, 0.25) is 5.91 Å². The average molecular weight is 358 g/mol. The van der Waals surface area contributed by atoms with Crippen LogP contribution in [0.2, 0.25) is 0 Å². The van der Waals surface area contributed by atoms with Gasteiger partial charge < -0.3 is 5.32 Å². The molecule has 3 nitrogen and oxygen atoms in total. The van der Waals surface area contributed by atoms with Gasteiger partial charge in [0.1, 0.15) is 0 Å². The number of hydrogen-bond acceptors (Lipinski definition) is 2. The highest BCUT2D eigenvalue weighted by molar-refractivity contribution is 5.81. The summed E-state index contributed by atoms with van der Waals surface area (Å²) in [6.45, 7) is 4.52. The Morgan fingerprint density at radius 2 is 1.37 bits per heavy atom. The summed E-state index contributed by atoms with van der Waals surface area (Å²) in [4.78, 5) is 12.6. The molecule has 0 unspecified atom stereocenters. The summed E-state index contributed by atoms with van der Waals surface area (Å²) in [5.74, 6) is -0.00750. The van der Waals surface area contributed by atoms with Crippen LogP contribution in [0.1, 0.15) is 35.2 Å². The van der Waals surface area contributed by atoms with Crippen LogP contribution in [0.5, 0.6) is 0 Å². The molecule has 2 atom stereocenters. The molecule has 1 amide bonds. The first-order chi connectivity index (χ1) is 13.1. The van der Waals surface area contributed by atoms with Crippen LogP contribution in [0.3, 0.4) is 0 Å². The topological polar surface area (TPSA) is 41.1 Å². The molecule has 2 N–H and O–H groups in total. The molecule has 27 heavy (non-hydrogen) atoms. The summed E-state index contributed by atoms with van der Waals surface area (Å²) in [6.07, 6.45) is 0. The highest BCUT2D eigenvalue weighted by Crippen LogP contribution is 2.23. The lowest BCUT2D eigenvalue weighted by atomic mass is 9.97. The van der Waals surface area contributed by atoms with Crippen molar-refractivity contribution in [2.45, 2.75) is 32.5 Å². The number of aryl methyl sites for hydroxylation is 1. The van der Waals surface area contributed by atoms with Crippen molar-refractivity contribution < 1.29 is 4.79 Å². The molecule has 0 aliphatic heterocycles. The minimum atomic E-state index is -0.319. The molecule has 3 aromatic carbocycles. The lowest BCUT2D eigenvalue weighted by molar-refractivity contribution is -0.123. The molecule has 0 bridgehead atoms. The highest BCUT2D eigenvalue weighted by Gasteiger charge is 2.20. The summed E-state index contributed by atoms with van der Waals surface area (Å²) >= 11 is 0. The van der Waals surface area contributed by atoms with Gasteiger partial charge in [-0.3, -0.25) is 10.1 Å². The van der Waals surface area contributed by atoms with E-state index in [-0.39, 0.29) is 18.0 Å². The van der Waals surface area contributed by atoms with Gasteiger partial charge in [-0.05, 0) is 30.5 Å². The second-order valence-electron chi connectivity index (χ2n) is 6.85. The van der Waals surface area contributed by atoms with Crippen molar-refractivity contribution in [3.05, 3.63) is 107 Å². The normalized spacial score (nSPS) is 13.0. The molecular weight excluding hydrogens is 332 g/mol. The lowest BCUT2D eigenvalue weighted by Crippen LogP contribution is -2.43. The first-order valence-electron chi connectivity index (χ1n) is 9.32. The molecule has 3 heteroatoms. The molecular formula is C24H26N2O. The maximum Gasteiger partial charge on any atom is 0.237 e. The molecule has 0 fully saturated rings. The van der Waals surface area contributed by atoms with E-state index in [4.69, 9.17) is 0 Å². The fraction of sp³-hybridized carbons (Fsp3) is 0.208. The van der Waals surface area contributed by atoms with E-state index in [2.05, 4.69) is 54.0 Å². The van der Waals surface area contributed by atoms with Crippen LogP contribution in [0.4, 0.5) is 0 Å². The van der Waals surface area contributed by atoms with Gasteiger partial charge in [0.05, 0.1) is 12.1 Å². The zero-order chi connectivity index (χ0) is 19.1. The Hall–Kier alpha value is -2.91. The predicted molar refractivity (Wildman–Crippen MR) is 110 cm³/mol. The zero-order valence-electron chi connectivity index (χ0n) is 15.9. The van der Waals surface area contributed by atoms with E-state index in [1.54, 1.807) is 0 Å². The van der Waals surface area contributed by atoms with Gasteiger partial charge in [0.15, 0.2) is 0 Å². The van der Waals surface area contributed by atoms with E-state index in [1.165, 1.54) is 5.56 Å². The number of benzene rings is 3. The predicted octanol–water partition coefficient (Wildman–Crippen LogP) is 4.38. The third kappa shape index (κ3) is 5.28. The Morgan fingerprint density at radius 1 is 0.815 bits per heavy atom. The zero-order valence-corrected chi connectivity index (χ0v) is 15.9. The van der Waals surface area contributed by atoms with Gasteiger partial charge in [-0.15, -0.1) is 0 Å². The summed E-state index contributed by atoms with van der Waals surface area (Å²) in [5, 5.41) is 6.51. The van der Waals surface area contributed by atoms with E-state index < -0.39 is 0 Å². The van der Waals surface area contributed by atoms with Crippen LogP contribution in [0.15, 0.2) is 84.9 Å². The smallest absolute Gasteiger partial charge is 0.237 e. The van der Waals surface area contributed by atoms with Gasteiger partial charge in [0.25, 0.3) is 0 Å². The Balaban J connectivity index is 1.71. The van der Waals surface area contributed by atoms with Crippen molar-refractivity contribution in [2.24, 2.45) is 0 Å². The van der Waals surface area contributed by atoms with Gasteiger partial charge in [0, 0.05) is 6.54 Å². The maximum absolute atomic E-state index is 12.6. The van der Waals surface area contributed by atoms with Crippen molar-refractivity contribution in [2.75, 3.05) is 0 Å². The average Bonchev–Trinajstić information content (AvgIpc) is 2.72. The third-order valence-electron chi connectivity index (χ3n) is 4.66. The van der Waals surface area contributed by atoms with Crippen molar-refractivity contribution in [1.29, 1.82) is 0 Å². The maximum atomic E-state index is 12.6. The molecule has 138 valence electrons. The van der Waals surface area contributed by atoms with E-state index in [0.717, 1.165) is 16.7 Å². The van der Waals surface area contributed by atoms with Gasteiger partial charge in [-0.2, -0.15) is 0 Å². The minimum absolute atomic E-state index is 0.00750. The van der Waals surface area contributed by atoms with Crippen molar-refractivity contribution >= 4 is 5.91 Å². The van der Waals surface area contributed by atoms with Crippen LogP contribution < -0.4 is 10.6 Å². The fourth-order valence-electron chi connectivity index (χ4n) is 3.05. The van der Waals surface area contributed by atoms with Crippen LogP contribution in [-0.2, 0) is 11.3 Å². The SMILES string of the molecule is Cc1ccc([C@@H](N[C@@H](C)C(=O)NCc2ccccc2)c2ccccc2)cc1. The monoisotopic (exact) mass is 358 g/mol. The summed E-state index contributed by atoms with van der Waals surface area (Å²) in [7, 11) is 0. The van der Waals surface area contributed by atoms with E-state index in [1.807, 2.05) is 55.5 Å². The number of carbonyl (C=O) groups is 1. The summed E-state index contributed by atoms with van der Waals surface area (Å²) < 4.78 is 0. The fourth-order valence-corrected chi connectivity index (χ4v) is 3.05. The minimum Gasteiger partial charge on any atom is -0.351 e. The molecule has 0 spiro atoms. The quantitative estimate of drug-likeness (QED) is 0.658. The van der Waals surface area contributed by atoms with Crippen molar-refractivity contribution in [3.8, 4) is 0 Å². The summed E-state index contributed by atoms with van der Waals surface area (Å²) in [6, 6.07) is 28.3. The van der Waals surface area contributed by atoms with Crippen molar-refractivity contribution in [3.63, 3.8) is 0 Å². The second kappa shape index (κ2) is 9.15. The largest absolute Gasteiger partial charge is 0.351 e. The van der Waals surface area contributed by atoms with Crippen LogP contribution in [-0.4, -0.2) is 11.9 Å². The molecule has 3 aromatic rings. The van der Waals surface area contributed by atoms with Crippen LogP contribution in [0, 0.1) is 6.92 Å². The molecule has 0 saturated heterocycles. The molecule has 0 aliphatic carbocycles. The number of rotatable bonds is 7. The Kier molecular flexibility index (Phi) is 6.39. The van der Waals surface area contributed by atoms with Crippen LogP contribution in [0.25, 0.3) is 0 Å². The van der Waals surface area contributed by atoms with E-state index in [9.17, 15) is 4.79 Å². The highest BCUT2D eigenvalue weighted by atomic mass is 16.2. The van der Waals surface area contributed by atoms with Gasteiger partial charge in [-0.25, -0.2) is 0 Å². The first kappa shape index (κ1) is 18.9. The number of carbonyl (C=O) groups excluding carboxylic acids is 1. The first-order valence-corrected chi connectivity index (χ1v) is 9.32. The van der Waals surface area contributed by atoms with Gasteiger partial charge in [-0.1, -0.05) is 90.5 Å². The third-order valence-corrected chi connectivity index (χ3v) is 4.66.